The third kappa shape index (κ3) is 2.79. The number of H-pyrrole nitrogens is 1. The van der Waals surface area contributed by atoms with Gasteiger partial charge in [-0.05, 0) is 53.7 Å². The van der Waals surface area contributed by atoms with Crippen LogP contribution >= 0.6 is 28.1 Å². The predicted molar refractivity (Wildman–Crippen MR) is 83.7 cm³/mol. The van der Waals surface area contributed by atoms with Crippen LogP contribution in [0.15, 0.2) is 16.6 Å². The van der Waals surface area contributed by atoms with Gasteiger partial charge in [-0.25, -0.2) is 13.8 Å². The van der Waals surface area contributed by atoms with Crippen molar-refractivity contribution >= 4 is 28.1 Å². The molecule has 0 atom stereocenters. The number of aromatic nitrogens is 2. The van der Waals surface area contributed by atoms with Gasteiger partial charge in [0, 0.05) is 16.8 Å². The van der Waals surface area contributed by atoms with Gasteiger partial charge in [-0.1, -0.05) is 18.6 Å². The summed E-state index contributed by atoms with van der Waals surface area (Å²) in [5.41, 5.74) is 2.64. The van der Waals surface area contributed by atoms with Gasteiger partial charge < -0.3 is 4.98 Å². The summed E-state index contributed by atoms with van der Waals surface area (Å²) in [6.07, 6.45) is 5.22. The second-order valence-corrected chi connectivity index (χ2v) is 6.31. The average molecular weight is 371 g/mol. The fourth-order valence-electron chi connectivity index (χ4n) is 2.63. The minimum absolute atomic E-state index is 0.0641. The normalized spacial score (nSPS) is 14.6. The van der Waals surface area contributed by atoms with E-state index in [2.05, 4.69) is 25.9 Å². The lowest BCUT2D eigenvalue weighted by Gasteiger charge is -2.11. The Morgan fingerprint density at radius 2 is 1.90 bits per heavy atom. The molecule has 2 aromatic rings. The van der Waals surface area contributed by atoms with Crippen LogP contribution in [-0.4, -0.2) is 9.97 Å². The molecule has 1 aliphatic carbocycles. The number of fused-ring (bicyclic) bond motifs is 1. The highest BCUT2D eigenvalue weighted by molar-refractivity contribution is 9.10. The van der Waals surface area contributed by atoms with E-state index in [4.69, 9.17) is 12.2 Å². The van der Waals surface area contributed by atoms with Crippen LogP contribution in [0.1, 0.15) is 30.5 Å². The lowest BCUT2D eigenvalue weighted by molar-refractivity contribution is 0.504. The van der Waals surface area contributed by atoms with Crippen molar-refractivity contribution in [3.05, 3.63) is 44.1 Å². The van der Waals surface area contributed by atoms with Gasteiger partial charge in [0.05, 0.1) is 4.47 Å². The molecule has 0 saturated carbocycles. The third-order valence-electron chi connectivity index (χ3n) is 3.75. The van der Waals surface area contributed by atoms with Crippen LogP contribution in [0.4, 0.5) is 8.78 Å². The fourth-order valence-corrected chi connectivity index (χ4v) is 3.46. The first-order valence-electron chi connectivity index (χ1n) is 6.84. The molecular weight excluding hydrogens is 358 g/mol. The summed E-state index contributed by atoms with van der Waals surface area (Å²) < 4.78 is 27.5. The number of aromatic amines is 1. The minimum atomic E-state index is -0.913. The molecule has 6 heteroatoms. The highest BCUT2D eigenvalue weighted by Crippen LogP contribution is 2.31. The second kappa shape index (κ2) is 5.93. The molecule has 0 unspecified atom stereocenters. The van der Waals surface area contributed by atoms with Crippen LogP contribution in [0.25, 0.3) is 11.4 Å². The monoisotopic (exact) mass is 370 g/mol. The Morgan fingerprint density at radius 3 is 2.71 bits per heavy atom. The van der Waals surface area contributed by atoms with Crippen LogP contribution in [0.2, 0.25) is 0 Å². The molecule has 21 heavy (non-hydrogen) atoms. The first-order valence-corrected chi connectivity index (χ1v) is 8.04. The zero-order chi connectivity index (χ0) is 15.0. The van der Waals surface area contributed by atoms with Gasteiger partial charge >= 0.3 is 0 Å². The summed E-state index contributed by atoms with van der Waals surface area (Å²) in [6.45, 7) is 0. The highest BCUT2D eigenvalue weighted by atomic mass is 79.9. The molecule has 1 heterocycles. The van der Waals surface area contributed by atoms with Crippen LogP contribution in [0.5, 0.6) is 0 Å². The van der Waals surface area contributed by atoms with Crippen molar-refractivity contribution in [3.8, 4) is 11.4 Å². The summed E-state index contributed by atoms with van der Waals surface area (Å²) in [4.78, 5) is 7.62. The van der Waals surface area contributed by atoms with Gasteiger partial charge in [0.1, 0.15) is 10.5 Å². The third-order valence-corrected chi connectivity index (χ3v) is 4.86. The topological polar surface area (TPSA) is 28.7 Å². The van der Waals surface area contributed by atoms with E-state index in [1.165, 1.54) is 12.5 Å². The number of hydrogen-bond donors (Lipinski definition) is 1. The molecular formula is C15H13BrF2N2S. The van der Waals surface area contributed by atoms with Gasteiger partial charge in [-0.3, -0.25) is 0 Å². The number of hydrogen-bond acceptors (Lipinski definition) is 2. The average Bonchev–Trinajstić information content (AvgIpc) is 2.70. The van der Waals surface area contributed by atoms with Crippen molar-refractivity contribution in [1.29, 1.82) is 0 Å². The standard InChI is InChI=1S/C15H13BrF2N2S/c16-12-9(6-7-10(17)13(12)18)14-19-11-5-3-1-2-4-8(11)15(21)20-14/h6-7H,1-5H2,(H,19,20,21). The van der Waals surface area contributed by atoms with Gasteiger partial charge in [0.25, 0.3) is 0 Å². The van der Waals surface area contributed by atoms with Crippen molar-refractivity contribution in [1.82, 2.24) is 9.97 Å². The Kier molecular flexibility index (Phi) is 4.17. The Bertz CT molecular complexity index is 758. The second-order valence-electron chi connectivity index (χ2n) is 5.13. The number of rotatable bonds is 1. The van der Waals surface area contributed by atoms with Crippen LogP contribution in [0.3, 0.4) is 0 Å². The molecule has 0 spiro atoms. The molecule has 0 radical (unpaired) electrons. The molecule has 1 aromatic heterocycles. The van der Waals surface area contributed by atoms with E-state index in [0.29, 0.717) is 16.0 Å². The molecule has 3 rings (SSSR count). The predicted octanol–water partition coefficient (Wildman–Crippen LogP) is 5.12. The Hall–Kier alpha value is -1.14. The number of nitrogens with zero attached hydrogens (tertiary/aromatic N) is 1. The van der Waals surface area contributed by atoms with E-state index >= 15 is 0 Å². The smallest absolute Gasteiger partial charge is 0.173 e. The van der Waals surface area contributed by atoms with E-state index in [-0.39, 0.29) is 4.47 Å². The molecule has 110 valence electrons. The molecule has 1 N–H and O–H groups in total. The Balaban J connectivity index is 2.16. The van der Waals surface area contributed by atoms with Crippen LogP contribution < -0.4 is 0 Å². The van der Waals surface area contributed by atoms with E-state index in [0.717, 1.165) is 43.0 Å². The molecule has 0 aliphatic heterocycles. The zero-order valence-corrected chi connectivity index (χ0v) is 13.6. The Labute approximate surface area is 134 Å². The summed E-state index contributed by atoms with van der Waals surface area (Å²) in [7, 11) is 0. The van der Waals surface area contributed by atoms with Crippen molar-refractivity contribution in [2.45, 2.75) is 32.1 Å². The Morgan fingerprint density at radius 1 is 1.14 bits per heavy atom. The summed E-state index contributed by atoms with van der Waals surface area (Å²) in [5, 5.41) is 0. The fraction of sp³-hybridized carbons (Fsp3) is 0.333. The number of halogens is 3. The molecule has 0 amide bonds. The maximum atomic E-state index is 13.7. The number of benzene rings is 1. The first kappa shape index (κ1) is 14.8. The lowest BCUT2D eigenvalue weighted by Crippen LogP contribution is -2.03. The van der Waals surface area contributed by atoms with E-state index < -0.39 is 11.6 Å². The summed E-state index contributed by atoms with van der Waals surface area (Å²) in [5.74, 6) is -1.33. The van der Waals surface area contributed by atoms with Crippen LogP contribution in [0, 0.1) is 16.3 Å². The van der Waals surface area contributed by atoms with E-state index in [1.807, 2.05) is 0 Å². The van der Waals surface area contributed by atoms with Crippen molar-refractivity contribution in [2.24, 2.45) is 0 Å². The largest absolute Gasteiger partial charge is 0.343 e. The van der Waals surface area contributed by atoms with Gasteiger partial charge in [0.2, 0.25) is 0 Å². The molecule has 1 aliphatic rings. The first-order chi connectivity index (χ1) is 10.1. The number of aryl methyl sites for hydroxylation is 1. The van der Waals surface area contributed by atoms with Crippen molar-refractivity contribution in [2.75, 3.05) is 0 Å². The maximum Gasteiger partial charge on any atom is 0.173 e. The van der Waals surface area contributed by atoms with E-state index in [9.17, 15) is 8.78 Å². The zero-order valence-electron chi connectivity index (χ0n) is 11.2. The SMILES string of the molecule is Fc1ccc(-c2nc(=S)c3c([nH]2)CCCCC3)c(Br)c1F. The minimum Gasteiger partial charge on any atom is -0.343 e. The van der Waals surface area contributed by atoms with Gasteiger partial charge in [-0.2, -0.15) is 0 Å². The summed E-state index contributed by atoms with van der Waals surface area (Å²) >= 11 is 8.47. The maximum absolute atomic E-state index is 13.7. The van der Waals surface area contributed by atoms with Gasteiger partial charge in [-0.15, -0.1) is 0 Å². The molecule has 2 nitrogen and oxygen atoms in total. The number of nitrogens with one attached hydrogen (secondary N) is 1. The van der Waals surface area contributed by atoms with E-state index in [1.54, 1.807) is 0 Å². The van der Waals surface area contributed by atoms with Crippen LogP contribution in [-0.2, 0) is 12.8 Å². The molecule has 1 aromatic carbocycles. The highest BCUT2D eigenvalue weighted by Gasteiger charge is 2.17. The van der Waals surface area contributed by atoms with Crippen molar-refractivity contribution < 1.29 is 8.78 Å². The quantitative estimate of drug-likeness (QED) is 0.428. The molecule has 0 saturated heterocycles. The summed E-state index contributed by atoms with van der Waals surface area (Å²) in [6, 6.07) is 2.60. The van der Waals surface area contributed by atoms with Crippen molar-refractivity contribution in [3.63, 3.8) is 0 Å². The lowest BCUT2D eigenvalue weighted by atomic mass is 10.1. The van der Waals surface area contributed by atoms with Gasteiger partial charge in [0.15, 0.2) is 11.6 Å². The molecule has 0 fully saturated rings. The molecule has 0 bridgehead atoms.